The van der Waals surface area contributed by atoms with Crippen molar-refractivity contribution in [1.29, 1.82) is 0 Å². The van der Waals surface area contributed by atoms with E-state index >= 15 is 0 Å². The molecule has 0 atom stereocenters. The minimum absolute atomic E-state index is 0.356. The molecule has 2 aromatic rings. The second-order valence-electron chi connectivity index (χ2n) is 7.75. The zero-order chi connectivity index (χ0) is 17.5. The van der Waals surface area contributed by atoms with Gasteiger partial charge in [-0.1, -0.05) is 0 Å². The number of carbonyl (C=O) groups is 1. The number of nitrogens with one attached hydrogen (secondary N) is 1. The van der Waals surface area contributed by atoms with Gasteiger partial charge in [-0.25, -0.2) is 4.79 Å². The molecule has 1 aromatic heterocycles. The van der Waals surface area contributed by atoms with Gasteiger partial charge in [0.2, 0.25) is 0 Å². The third-order valence-electron chi connectivity index (χ3n) is 4.34. The lowest BCUT2D eigenvalue weighted by Crippen LogP contribution is -2.33. The van der Waals surface area contributed by atoms with Gasteiger partial charge in [0.05, 0.1) is 0 Å². The van der Waals surface area contributed by atoms with Crippen molar-refractivity contribution >= 4 is 17.0 Å². The van der Waals surface area contributed by atoms with E-state index in [4.69, 9.17) is 4.74 Å². The SMILES string of the molecule is CN1Cc2cc3c(CCNC(=O)OC(C)(C)C)cn(C)c3cc2C1. The number of alkyl carbamates (subject to hydrolysis) is 1. The molecule has 0 bridgehead atoms. The number of hydrogen-bond acceptors (Lipinski definition) is 3. The zero-order valence-corrected chi connectivity index (χ0v) is 15.3. The topological polar surface area (TPSA) is 46.5 Å². The van der Waals surface area contributed by atoms with Gasteiger partial charge in [0, 0.05) is 43.8 Å². The lowest BCUT2D eigenvalue weighted by molar-refractivity contribution is 0.0528. The Kier molecular flexibility index (Phi) is 4.30. The van der Waals surface area contributed by atoms with E-state index in [0.717, 1.165) is 19.5 Å². The third-order valence-corrected chi connectivity index (χ3v) is 4.34. The highest BCUT2D eigenvalue weighted by Crippen LogP contribution is 2.29. The predicted molar refractivity (Wildman–Crippen MR) is 96.0 cm³/mol. The molecule has 0 saturated carbocycles. The Morgan fingerprint density at radius 3 is 2.54 bits per heavy atom. The number of amides is 1. The molecule has 2 heterocycles. The van der Waals surface area contributed by atoms with Crippen molar-refractivity contribution in [2.24, 2.45) is 7.05 Å². The summed E-state index contributed by atoms with van der Waals surface area (Å²) in [5.41, 5.74) is 4.90. The van der Waals surface area contributed by atoms with Gasteiger partial charge in [-0.15, -0.1) is 0 Å². The quantitative estimate of drug-likeness (QED) is 0.941. The Bertz CT molecular complexity index is 771. The van der Waals surface area contributed by atoms with E-state index in [1.54, 1.807) is 0 Å². The highest BCUT2D eigenvalue weighted by molar-refractivity contribution is 5.86. The number of carbonyl (C=O) groups excluding carboxylic acids is 1. The zero-order valence-electron chi connectivity index (χ0n) is 15.3. The van der Waals surface area contributed by atoms with Crippen LogP contribution in [0, 0.1) is 0 Å². The average molecular weight is 329 g/mol. The molecule has 130 valence electrons. The summed E-state index contributed by atoms with van der Waals surface area (Å²) in [6, 6.07) is 4.62. The van der Waals surface area contributed by atoms with Crippen LogP contribution in [0.4, 0.5) is 4.79 Å². The lowest BCUT2D eigenvalue weighted by atomic mass is 10.0. The molecule has 0 radical (unpaired) electrons. The number of rotatable bonds is 3. The van der Waals surface area contributed by atoms with Crippen molar-refractivity contribution in [3.63, 3.8) is 0 Å². The van der Waals surface area contributed by atoms with E-state index in [2.05, 4.69) is 47.2 Å². The number of ether oxygens (including phenoxy) is 1. The molecule has 24 heavy (non-hydrogen) atoms. The number of benzene rings is 1. The van der Waals surface area contributed by atoms with Crippen molar-refractivity contribution in [1.82, 2.24) is 14.8 Å². The fourth-order valence-electron chi connectivity index (χ4n) is 3.34. The molecule has 1 N–H and O–H groups in total. The van der Waals surface area contributed by atoms with E-state index in [1.807, 2.05) is 20.8 Å². The number of hydrogen-bond donors (Lipinski definition) is 1. The summed E-state index contributed by atoms with van der Waals surface area (Å²) in [7, 11) is 4.23. The standard InChI is InChI=1S/C19H27N3O2/c1-19(2,3)24-18(23)20-7-6-13-12-22(5)17-9-15-11-21(4)10-14(15)8-16(13)17/h8-9,12H,6-7,10-11H2,1-5H3,(H,20,23). The molecular formula is C19H27N3O2. The second-order valence-corrected chi connectivity index (χ2v) is 7.75. The highest BCUT2D eigenvalue weighted by Gasteiger charge is 2.19. The minimum atomic E-state index is -0.462. The molecule has 0 fully saturated rings. The summed E-state index contributed by atoms with van der Waals surface area (Å²) in [4.78, 5) is 14.1. The van der Waals surface area contributed by atoms with Crippen molar-refractivity contribution < 1.29 is 9.53 Å². The van der Waals surface area contributed by atoms with Crippen molar-refractivity contribution in [3.8, 4) is 0 Å². The van der Waals surface area contributed by atoms with Crippen LogP contribution in [0.15, 0.2) is 18.3 Å². The molecule has 0 unspecified atom stereocenters. The second kappa shape index (κ2) is 6.13. The van der Waals surface area contributed by atoms with Gasteiger partial charge in [0.25, 0.3) is 0 Å². The van der Waals surface area contributed by atoms with Gasteiger partial charge in [-0.05, 0) is 63.1 Å². The number of aromatic nitrogens is 1. The van der Waals surface area contributed by atoms with Crippen LogP contribution in [0.2, 0.25) is 0 Å². The van der Waals surface area contributed by atoms with Crippen LogP contribution in [0.25, 0.3) is 10.9 Å². The predicted octanol–water partition coefficient (Wildman–Crippen LogP) is 3.19. The minimum Gasteiger partial charge on any atom is -0.444 e. The average Bonchev–Trinajstić information content (AvgIpc) is 2.94. The molecule has 5 nitrogen and oxygen atoms in total. The first-order valence-electron chi connectivity index (χ1n) is 8.48. The first-order valence-corrected chi connectivity index (χ1v) is 8.48. The van der Waals surface area contributed by atoms with Gasteiger partial charge in [-0.2, -0.15) is 0 Å². The maximum Gasteiger partial charge on any atom is 0.407 e. The van der Waals surface area contributed by atoms with Crippen LogP contribution in [-0.2, 0) is 31.3 Å². The monoisotopic (exact) mass is 329 g/mol. The first kappa shape index (κ1) is 16.8. The maximum atomic E-state index is 11.8. The van der Waals surface area contributed by atoms with Crippen LogP contribution in [0.3, 0.4) is 0 Å². The molecule has 0 saturated heterocycles. The van der Waals surface area contributed by atoms with E-state index in [0.29, 0.717) is 6.54 Å². The summed E-state index contributed by atoms with van der Waals surface area (Å²) >= 11 is 0. The molecular weight excluding hydrogens is 302 g/mol. The maximum absolute atomic E-state index is 11.8. The van der Waals surface area contributed by atoms with Crippen molar-refractivity contribution in [2.45, 2.75) is 45.9 Å². The van der Waals surface area contributed by atoms with E-state index in [-0.39, 0.29) is 6.09 Å². The molecule has 5 heteroatoms. The van der Waals surface area contributed by atoms with E-state index in [9.17, 15) is 4.79 Å². The smallest absolute Gasteiger partial charge is 0.407 e. The van der Waals surface area contributed by atoms with Gasteiger partial charge in [0.15, 0.2) is 0 Å². The fraction of sp³-hybridized carbons (Fsp3) is 0.526. The van der Waals surface area contributed by atoms with E-state index < -0.39 is 5.60 Å². The summed E-state index contributed by atoms with van der Waals surface area (Å²) in [6.45, 7) is 8.21. The Balaban J connectivity index is 1.72. The summed E-state index contributed by atoms with van der Waals surface area (Å²) in [5.74, 6) is 0. The Labute approximate surface area is 143 Å². The summed E-state index contributed by atoms with van der Waals surface area (Å²) in [6.07, 6.45) is 2.61. The first-order chi connectivity index (χ1) is 11.2. The van der Waals surface area contributed by atoms with Crippen LogP contribution in [0.1, 0.15) is 37.5 Å². The normalized spacial score (nSPS) is 14.9. The van der Waals surface area contributed by atoms with Gasteiger partial charge in [0.1, 0.15) is 5.60 Å². The van der Waals surface area contributed by atoms with Crippen LogP contribution in [-0.4, -0.2) is 34.8 Å². The molecule has 0 spiro atoms. The molecule has 0 aliphatic carbocycles. The Morgan fingerprint density at radius 2 is 1.88 bits per heavy atom. The van der Waals surface area contributed by atoms with Crippen LogP contribution >= 0.6 is 0 Å². The Morgan fingerprint density at radius 1 is 1.21 bits per heavy atom. The summed E-state index contributed by atoms with van der Waals surface area (Å²) < 4.78 is 7.46. The van der Waals surface area contributed by atoms with Gasteiger partial charge < -0.3 is 14.6 Å². The number of fused-ring (bicyclic) bond motifs is 2. The molecule has 3 rings (SSSR count). The number of aryl methyl sites for hydroxylation is 1. The molecule has 1 amide bonds. The Hall–Kier alpha value is -2.01. The molecule has 1 aliphatic rings. The van der Waals surface area contributed by atoms with Crippen molar-refractivity contribution in [3.05, 3.63) is 35.0 Å². The number of nitrogens with zero attached hydrogens (tertiary/aromatic N) is 2. The van der Waals surface area contributed by atoms with Gasteiger partial charge >= 0.3 is 6.09 Å². The largest absolute Gasteiger partial charge is 0.444 e. The lowest BCUT2D eigenvalue weighted by Gasteiger charge is -2.19. The van der Waals surface area contributed by atoms with E-state index in [1.165, 1.54) is 27.6 Å². The molecule has 1 aromatic carbocycles. The van der Waals surface area contributed by atoms with Crippen LogP contribution in [0.5, 0.6) is 0 Å². The third kappa shape index (κ3) is 3.56. The van der Waals surface area contributed by atoms with Crippen molar-refractivity contribution in [2.75, 3.05) is 13.6 Å². The van der Waals surface area contributed by atoms with Crippen LogP contribution < -0.4 is 5.32 Å². The fourth-order valence-corrected chi connectivity index (χ4v) is 3.34. The van der Waals surface area contributed by atoms with Gasteiger partial charge in [-0.3, -0.25) is 4.90 Å². The highest BCUT2D eigenvalue weighted by atomic mass is 16.6. The summed E-state index contributed by atoms with van der Waals surface area (Å²) in [5, 5.41) is 4.13. The molecule has 1 aliphatic heterocycles.